The molecule has 1 saturated carbocycles. The van der Waals surface area contributed by atoms with Gasteiger partial charge in [0.2, 0.25) is 0 Å². The molecule has 0 unspecified atom stereocenters. The van der Waals surface area contributed by atoms with Gasteiger partial charge in [0.1, 0.15) is 11.5 Å². The normalized spacial score (nSPS) is 20.8. The van der Waals surface area contributed by atoms with Gasteiger partial charge in [-0.05, 0) is 61.1 Å². The summed E-state index contributed by atoms with van der Waals surface area (Å²) in [4.78, 5) is 4.37. The van der Waals surface area contributed by atoms with Crippen LogP contribution >= 0.6 is 0 Å². The molecule has 2 aliphatic rings. The van der Waals surface area contributed by atoms with Crippen LogP contribution in [0.3, 0.4) is 0 Å². The standard InChI is InChI=1S/C20H16FN5/c21-13-4-1-11(2-5-13)19-18(14-7-8-22-20-15(14)10-23-24-20)16-6-3-12-9-17(12)26(16)25-19/h1-2,4-5,7-8,10,12,17H,3,6,9H2,(H,22,23,24)/t12-,17+/m1/s1. The molecule has 6 rings (SSSR count). The lowest BCUT2D eigenvalue weighted by molar-refractivity contribution is 0.494. The quantitative estimate of drug-likeness (QED) is 0.594. The summed E-state index contributed by atoms with van der Waals surface area (Å²) in [5.74, 6) is 0.533. The zero-order valence-electron chi connectivity index (χ0n) is 14.0. The molecule has 0 amide bonds. The lowest BCUT2D eigenvalue weighted by atomic mass is 9.95. The number of halogens is 1. The Kier molecular flexibility index (Phi) is 2.73. The number of pyridine rings is 1. The maximum atomic E-state index is 13.4. The topological polar surface area (TPSA) is 59.4 Å². The van der Waals surface area contributed by atoms with Gasteiger partial charge in [0.25, 0.3) is 0 Å². The smallest absolute Gasteiger partial charge is 0.155 e. The number of nitrogens with one attached hydrogen (secondary N) is 1. The van der Waals surface area contributed by atoms with Crippen LogP contribution in [0.2, 0.25) is 0 Å². The third-order valence-corrected chi connectivity index (χ3v) is 5.70. The molecule has 6 heteroatoms. The van der Waals surface area contributed by atoms with Crippen LogP contribution < -0.4 is 0 Å². The number of benzene rings is 1. The van der Waals surface area contributed by atoms with Crippen LogP contribution in [0.5, 0.6) is 0 Å². The zero-order chi connectivity index (χ0) is 17.3. The van der Waals surface area contributed by atoms with Crippen LogP contribution in [0.15, 0.2) is 42.7 Å². The molecule has 1 N–H and O–H groups in total. The van der Waals surface area contributed by atoms with E-state index in [1.165, 1.54) is 30.7 Å². The molecule has 5 nitrogen and oxygen atoms in total. The molecular weight excluding hydrogens is 329 g/mol. The summed E-state index contributed by atoms with van der Waals surface area (Å²) in [7, 11) is 0. The number of H-pyrrole nitrogens is 1. The lowest BCUT2D eigenvalue weighted by Crippen LogP contribution is -2.10. The number of hydrogen-bond donors (Lipinski definition) is 1. The second-order valence-corrected chi connectivity index (χ2v) is 7.21. The predicted molar refractivity (Wildman–Crippen MR) is 96.0 cm³/mol. The number of aromatic amines is 1. The van der Waals surface area contributed by atoms with Gasteiger partial charge in [-0.25, -0.2) is 9.37 Å². The minimum absolute atomic E-state index is 0.234. The van der Waals surface area contributed by atoms with Gasteiger partial charge in [0.05, 0.1) is 12.2 Å². The summed E-state index contributed by atoms with van der Waals surface area (Å²) in [6, 6.07) is 9.17. The molecule has 128 valence electrons. The Morgan fingerprint density at radius 2 is 2.04 bits per heavy atom. The molecule has 0 spiro atoms. The van der Waals surface area contributed by atoms with Crippen molar-refractivity contribution in [1.82, 2.24) is 25.0 Å². The summed E-state index contributed by atoms with van der Waals surface area (Å²) in [5.41, 5.74) is 6.12. The van der Waals surface area contributed by atoms with Crippen molar-refractivity contribution in [3.8, 4) is 22.4 Å². The Balaban J connectivity index is 1.66. The van der Waals surface area contributed by atoms with Gasteiger partial charge in [-0.3, -0.25) is 9.78 Å². The van der Waals surface area contributed by atoms with Gasteiger partial charge in [-0.1, -0.05) is 0 Å². The summed E-state index contributed by atoms with van der Waals surface area (Å²) in [6.07, 6.45) is 7.07. The summed E-state index contributed by atoms with van der Waals surface area (Å²) in [6.45, 7) is 0. The van der Waals surface area contributed by atoms with Gasteiger partial charge >= 0.3 is 0 Å². The third-order valence-electron chi connectivity index (χ3n) is 5.70. The number of nitrogens with zero attached hydrogens (tertiary/aromatic N) is 4. The van der Waals surface area contributed by atoms with Gasteiger partial charge < -0.3 is 0 Å². The molecule has 0 bridgehead atoms. The predicted octanol–water partition coefficient (Wildman–Crippen LogP) is 4.13. The highest BCUT2D eigenvalue weighted by molar-refractivity contribution is 5.97. The molecule has 2 atom stereocenters. The maximum absolute atomic E-state index is 13.4. The highest BCUT2D eigenvalue weighted by Crippen LogP contribution is 2.53. The first kappa shape index (κ1) is 14.2. The zero-order valence-corrected chi connectivity index (χ0v) is 14.0. The molecule has 3 aromatic heterocycles. The van der Waals surface area contributed by atoms with Gasteiger partial charge in [0, 0.05) is 28.4 Å². The molecule has 1 aliphatic carbocycles. The van der Waals surface area contributed by atoms with Crippen molar-refractivity contribution in [2.24, 2.45) is 5.92 Å². The molecule has 4 aromatic rings. The van der Waals surface area contributed by atoms with Crippen molar-refractivity contribution in [2.45, 2.75) is 25.3 Å². The van der Waals surface area contributed by atoms with E-state index in [0.717, 1.165) is 45.8 Å². The van der Waals surface area contributed by atoms with E-state index < -0.39 is 0 Å². The second kappa shape index (κ2) is 5.00. The van der Waals surface area contributed by atoms with E-state index in [1.807, 2.05) is 24.4 Å². The van der Waals surface area contributed by atoms with E-state index in [2.05, 4.69) is 19.9 Å². The van der Waals surface area contributed by atoms with Crippen molar-refractivity contribution < 1.29 is 4.39 Å². The van der Waals surface area contributed by atoms with Gasteiger partial charge in [-0.15, -0.1) is 0 Å². The Bertz CT molecular complexity index is 1140. The fourth-order valence-electron chi connectivity index (χ4n) is 4.31. The first-order valence-corrected chi connectivity index (χ1v) is 8.95. The Morgan fingerprint density at radius 1 is 1.15 bits per heavy atom. The highest BCUT2D eigenvalue weighted by atomic mass is 19.1. The molecule has 4 heterocycles. The van der Waals surface area contributed by atoms with E-state index in [0.29, 0.717) is 6.04 Å². The average Bonchev–Trinajstić information content (AvgIpc) is 3.12. The molecule has 1 aliphatic heterocycles. The van der Waals surface area contributed by atoms with Crippen LogP contribution in [0, 0.1) is 11.7 Å². The number of aromatic nitrogens is 5. The van der Waals surface area contributed by atoms with Crippen LogP contribution in [0.4, 0.5) is 4.39 Å². The minimum Gasteiger partial charge on any atom is -0.265 e. The molecule has 1 aromatic carbocycles. The molecular formula is C20H16FN5. The number of rotatable bonds is 2. The van der Waals surface area contributed by atoms with Crippen LogP contribution in [0.25, 0.3) is 33.4 Å². The molecule has 1 fully saturated rings. The van der Waals surface area contributed by atoms with E-state index in [9.17, 15) is 4.39 Å². The molecule has 26 heavy (non-hydrogen) atoms. The Morgan fingerprint density at radius 3 is 2.92 bits per heavy atom. The third kappa shape index (κ3) is 1.92. The van der Waals surface area contributed by atoms with Gasteiger partial charge in [-0.2, -0.15) is 10.2 Å². The van der Waals surface area contributed by atoms with Gasteiger partial charge in [0.15, 0.2) is 5.65 Å². The Hall–Kier alpha value is -3.02. The van der Waals surface area contributed by atoms with Crippen LogP contribution in [-0.2, 0) is 6.42 Å². The van der Waals surface area contributed by atoms with Crippen LogP contribution in [-0.4, -0.2) is 25.0 Å². The van der Waals surface area contributed by atoms with E-state index in [1.54, 1.807) is 6.20 Å². The summed E-state index contributed by atoms with van der Waals surface area (Å²) < 4.78 is 15.7. The first-order valence-electron chi connectivity index (χ1n) is 8.95. The van der Waals surface area contributed by atoms with E-state index >= 15 is 0 Å². The largest absolute Gasteiger partial charge is 0.265 e. The number of fused-ring (bicyclic) bond motifs is 4. The van der Waals surface area contributed by atoms with Crippen molar-refractivity contribution >= 4 is 11.0 Å². The summed E-state index contributed by atoms with van der Waals surface area (Å²) >= 11 is 0. The second-order valence-electron chi connectivity index (χ2n) is 7.21. The number of hydrogen-bond acceptors (Lipinski definition) is 3. The minimum atomic E-state index is -0.234. The lowest BCUT2D eigenvalue weighted by Gasteiger charge is -2.14. The van der Waals surface area contributed by atoms with Crippen molar-refractivity contribution in [1.29, 1.82) is 0 Å². The monoisotopic (exact) mass is 345 g/mol. The SMILES string of the molecule is Fc1ccc(-c2nn3c(c2-c2ccnc4[nH]ncc24)CC[C@@H]2C[C@@H]23)cc1. The average molecular weight is 345 g/mol. The van der Waals surface area contributed by atoms with Crippen molar-refractivity contribution in [3.05, 3.63) is 54.2 Å². The highest BCUT2D eigenvalue weighted by Gasteiger charge is 2.44. The molecule has 0 saturated heterocycles. The fraction of sp³-hybridized carbons (Fsp3) is 0.250. The van der Waals surface area contributed by atoms with E-state index in [-0.39, 0.29) is 5.82 Å². The maximum Gasteiger partial charge on any atom is 0.155 e. The summed E-state index contributed by atoms with van der Waals surface area (Å²) in [5, 5.41) is 13.1. The first-order chi connectivity index (χ1) is 12.8. The van der Waals surface area contributed by atoms with E-state index in [4.69, 9.17) is 5.10 Å². The van der Waals surface area contributed by atoms with Crippen molar-refractivity contribution in [2.75, 3.05) is 0 Å². The van der Waals surface area contributed by atoms with Crippen molar-refractivity contribution in [3.63, 3.8) is 0 Å². The Labute approximate surface area is 148 Å². The van der Waals surface area contributed by atoms with Crippen LogP contribution in [0.1, 0.15) is 24.6 Å². The molecule has 0 radical (unpaired) electrons. The fourth-order valence-corrected chi connectivity index (χ4v) is 4.31.